The van der Waals surface area contributed by atoms with Crippen molar-refractivity contribution in [3.05, 3.63) is 125 Å². The first-order valence-electron chi connectivity index (χ1n) is 12.8. The van der Waals surface area contributed by atoms with Gasteiger partial charge in [-0.3, -0.25) is 9.59 Å². The fraction of sp³-hybridized carbons (Fsp3) is 0.0606. The third-order valence-electron chi connectivity index (χ3n) is 6.34. The Morgan fingerprint density at radius 1 is 0.833 bits per heavy atom. The quantitative estimate of drug-likeness (QED) is 0.168. The number of carbonyl (C=O) groups is 3. The second-order valence-corrected chi connectivity index (χ2v) is 9.09. The molecular weight excluding hydrogens is 539 g/mol. The molecule has 2 N–H and O–H groups in total. The Labute approximate surface area is 240 Å². The van der Waals surface area contributed by atoms with Crippen LogP contribution >= 0.6 is 0 Å². The van der Waals surface area contributed by atoms with Gasteiger partial charge in [-0.2, -0.15) is 0 Å². The minimum Gasteiger partial charge on any atom is -0.464 e. The van der Waals surface area contributed by atoms with Crippen LogP contribution in [0.1, 0.15) is 26.3 Å². The van der Waals surface area contributed by atoms with E-state index in [9.17, 15) is 18.8 Å². The van der Waals surface area contributed by atoms with Crippen LogP contribution in [0.15, 0.2) is 107 Å². The topological polar surface area (TPSA) is 107 Å². The van der Waals surface area contributed by atoms with Crippen molar-refractivity contribution in [3.8, 4) is 22.8 Å². The van der Waals surface area contributed by atoms with Gasteiger partial charge in [0.1, 0.15) is 34.4 Å². The van der Waals surface area contributed by atoms with Crippen molar-refractivity contribution in [1.82, 2.24) is 10.6 Å². The molecule has 5 aromatic rings. The molecule has 1 aromatic heterocycles. The highest BCUT2D eigenvalue weighted by atomic mass is 19.1. The summed E-state index contributed by atoms with van der Waals surface area (Å²) in [6, 6.07) is 26.1. The lowest BCUT2D eigenvalue weighted by atomic mass is 10.0. The molecular formula is C33H25FN2O6. The number of rotatable bonds is 8. The number of furan rings is 1. The second kappa shape index (κ2) is 12.2. The molecule has 9 heteroatoms. The van der Waals surface area contributed by atoms with E-state index in [-0.39, 0.29) is 11.6 Å². The molecule has 0 saturated heterocycles. The van der Waals surface area contributed by atoms with Gasteiger partial charge in [0.2, 0.25) is 0 Å². The maximum Gasteiger partial charge on any atom is 0.354 e. The van der Waals surface area contributed by atoms with Gasteiger partial charge in [-0.25, -0.2) is 9.18 Å². The molecule has 2 amide bonds. The van der Waals surface area contributed by atoms with Gasteiger partial charge in [0, 0.05) is 23.6 Å². The zero-order valence-corrected chi connectivity index (χ0v) is 22.6. The summed E-state index contributed by atoms with van der Waals surface area (Å²) in [6.45, 7) is 0. The van der Waals surface area contributed by atoms with Crippen molar-refractivity contribution in [2.24, 2.45) is 0 Å². The van der Waals surface area contributed by atoms with Gasteiger partial charge in [0.25, 0.3) is 11.8 Å². The zero-order valence-electron chi connectivity index (χ0n) is 22.6. The van der Waals surface area contributed by atoms with Crippen molar-refractivity contribution in [2.45, 2.75) is 0 Å². The van der Waals surface area contributed by atoms with Gasteiger partial charge in [0.15, 0.2) is 0 Å². The van der Waals surface area contributed by atoms with Crippen LogP contribution in [-0.4, -0.2) is 31.9 Å². The van der Waals surface area contributed by atoms with E-state index in [0.717, 1.165) is 0 Å². The number of hydrogen-bond donors (Lipinski definition) is 2. The number of ether oxygens (including phenoxy) is 2. The maximum absolute atomic E-state index is 13.5. The molecule has 5 rings (SSSR count). The van der Waals surface area contributed by atoms with Crippen LogP contribution in [0.4, 0.5) is 4.39 Å². The van der Waals surface area contributed by atoms with Gasteiger partial charge in [-0.1, -0.05) is 30.3 Å². The van der Waals surface area contributed by atoms with Gasteiger partial charge >= 0.3 is 5.97 Å². The summed E-state index contributed by atoms with van der Waals surface area (Å²) in [5.74, 6) is -0.635. The Bertz CT molecular complexity index is 1790. The number of amides is 2. The number of hydrogen-bond acceptors (Lipinski definition) is 6. The molecule has 0 fully saturated rings. The molecule has 1 heterocycles. The van der Waals surface area contributed by atoms with E-state index in [1.54, 1.807) is 84.9 Å². The molecule has 0 saturated carbocycles. The summed E-state index contributed by atoms with van der Waals surface area (Å²) in [5.41, 5.74) is 2.32. The van der Waals surface area contributed by atoms with E-state index in [4.69, 9.17) is 13.9 Å². The number of benzene rings is 4. The summed E-state index contributed by atoms with van der Waals surface area (Å²) < 4.78 is 30.3. The first-order valence-corrected chi connectivity index (χ1v) is 12.8. The highest BCUT2D eigenvalue weighted by Gasteiger charge is 2.22. The van der Waals surface area contributed by atoms with Crippen LogP contribution in [0.3, 0.4) is 0 Å². The Hall–Kier alpha value is -5.70. The fourth-order valence-electron chi connectivity index (χ4n) is 4.27. The molecule has 0 radical (unpaired) electrons. The summed E-state index contributed by atoms with van der Waals surface area (Å²) in [7, 11) is 2.75. The Morgan fingerprint density at radius 2 is 1.52 bits per heavy atom. The lowest BCUT2D eigenvalue weighted by Crippen LogP contribution is -2.28. The number of methoxy groups -OCH3 is 1. The summed E-state index contributed by atoms with van der Waals surface area (Å²) in [6.07, 6.45) is 1.50. The standard InChI is InChI=1S/C33H25FN2O6/c1-35-32(38)29-26-19-25(16-17-28(26)42-30(29)21-10-12-23(34)13-11-21)41-24-14-8-20(9-15-24)18-27(33(39)40-2)36-31(37)22-6-4-3-5-7-22/h3-19H,1-2H3,(H,35,38)(H,36,37)/b27-18-. The number of fused-ring (bicyclic) bond motifs is 1. The van der Waals surface area contributed by atoms with E-state index >= 15 is 0 Å². The van der Waals surface area contributed by atoms with Gasteiger partial charge in [-0.05, 0) is 78.4 Å². The zero-order chi connectivity index (χ0) is 29.6. The predicted molar refractivity (Wildman–Crippen MR) is 155 cm³/mol. The maximum atomic E-state index is 13.5. The molecule has 0 spiro atoms. The average Bonchev–Trinajstić information content (AvgIpc) is 3.40. The summed E-state index contributed by atoms with van der Waals surface area (Å²) in [4.78, 5) is 37.7. The largest absolute Gasteiger partial charge is 0.464 e. The summed E-state index contributed by atoms with van der Waals surface area (Å²) >= 11 is 0. The van der Waals surface area contributed by atoms with E-state index < -0.39 is 17.7 Å². The highest BCUT2D eigenvalue weighted by Crippen LogP contribution is 2.36. The van der Waals surface area contributed by atoms with Crippen molar-refractivity contribution in [2.75, 3.05) is 14.2 Å². The number of carbonyl (C=O) groups excluding carboxylic acids is 3. The van der Waals surface area contributed by atoms with Crippen molar-refractivity contribution < 1.29 is 32.7 Å². The summed E-state index contributed by atoms with van der Waals surface area (Å²) in [5, 5.41) is 5.75. The van der Waals surface area contributed by atoms with Gasteiger partial charge in [-0.15, -0.1) is 0 Å². The van der Waals surface area contributed by atoms with Crippen molar-refractivity contribution in [1.29, 1.82) is 0 Å². The van der Waals surface area contributed by atoms with Crippen LogP contribution in [0.25, 0.3) is 28.4 Å². The highest BCUT2D eigenvalue weighted by molar-refractivity contribution is 6.11. The monoisotopic (exact) mass is 564 g/mol. The SMILES string of the molecule is CNC(=O)c1c(-c2ccc(F)cc2)oc2ccc(Oc3ccc(/C=C(\NC(=O)c4ccccc4)C(=O)OC)cc3)cc12. The van der Waals surface area contributed by atoms with Crippen molar-refractivity contribution in [3.63, 3.8) is 0 Å². The molecule has 0 aliphatic carbocycles. The normalized spacial score (nSPS) is 11.2. The van der Waals surface area contributed by atoms with Crippen LogP contribution in [0.2, 0.25) is 0 Å². The molecule has 0 atom stereocenters. The van der Waals surface area contributed by atoms with Crippen LogP contribution in [0, 0.1) is 5.82 Å². The van der Waals surface area contributed by atoms with Crippen molar-refractivity contribution >= 4 is 34.8 Å². The molecule has 0 aliphatic heterocycles. The number of nitrogens with one attached hydrogen (secondary N) is 2. The first-order chi connectivity index (χ1) is 20.4. The minimum absolute atomic E-state index is 0.0240. The molecule has 0 aliphatic rings. The van der Waals surface area contributed by atoms with Gasteiger partial charge < -0.3 is 24.5 Å². The molecule has 42 heavy (non-hydrogen) atoms. The average molecular weight is 565 g/mol. The van der Waals surface area contributed by atoms with Crippen LogP contribution in [0.5, 0.6) is 11.5 Å². The lowest BCUT2D eigenvalue weighted by molar-refractivity contribution is -0.136. The first kappa shape index (κ1) is 27.9. The molecule has 0 bridgehead atoms. The molecule has 0 unspecified atom stereocenters. The van der Waals surface area contributed by atoms with Crippen LogP contribution < -0.4 is 15.4 Å². The Morgan fingerprint density at radius 3 is 2.19 bits per heavy atom. The van der Waals surface area contributed by atoms with E-state index in [1.165, 1.54) is 32.4 Å². The molecule has 8 nitrogen and oxygen atoms in total. The number of esters is 1. The van der Waals surface area contributed by atoms with E-state index in [1.807, 2.05) is 0 Å². The van der Waals surface area contributed by atoms with E-state index in [0.29, 0.717) is 50.5 Å². The predicted octanol–water partition coefficient (Wildman–Crippen LogP) is 6.33. The minimum atomic E-state index is -0.694. The smallest absolute Gasteiger partial charge is 0.354 e. The molecule has 4 aromatic carbocycles. The Kier molecular flexibility index (Phi) is 8.10. The Balaban J connectivity index is 1.39. The third-order valence-corrected chi connectivity index (χ3v) is 6.34. The third kappa shape index (κ3) is 6.05. The lowest BCUT2D eigenvalue weighted by Gasteiger charge is -2.09. The van der Waals surface area contributed by atoms with E-state index in [2.05, 4.69) is 10.6 Å². The number of halogens is 1. The fourth-order valence-corrected chi connectivity index (χ4v) is 4.27. The second-order valence-electron chi connectivity index (χ2n) is 9.09. The van der Waals surface area contributed by atoms with Crippen LogP contribution in [-0.2, 0) is 9.53 Å². The molecule has 210 valence electrons. The van der Waals surface area contributed by atoms with Gasteiger partial charge in [0.05, 0.1) is 12.7 Å².